The molecule has 0 spiro atoms. The number of nitrogens with one attached hydrogen (secondary N) is 1. The zero-order valence-corrected chi connectivity index (χ0v) is 11.7. The van der Waals surface area contributed by atoms with E-state index >= 15 is 0 Å². The molecule has 1 aliphatic rings. The summed E-state index contributed by atoms with van der Waals surface area (Å²) in [5.41, 5.74) is 0. The van der Waals surface area contributed by atoms with Crippen LogP contribution >= 0.6 is 11.6 Å². The molecule has 1 saturated heterocycles. The first-order chi connectivity index (χ1) is 8.72. The van der Waals surface area contributed by atoms with Gasteiger partial charge in [-0.1, -0.05) is 18.5 Å². The Morgan fingerprint density at radius 2 is 2.17 bits per heavy atom. The second-order valence-electron chi connectivity index (χ2n) is 4.64. The molecule has 100 valence electrons. The van der Waals surface area contributed by atoms with E-state index in [1.165, 1.54) is 6.42 Å². The van der Waals surface area contributed by atoms with Crippen molar-refractivity contribution in [3.63, 3.8) is 0 Å². The molecule has 2 atom stereocenters. The van der Waals surface area contributed by atoms with E-state index in [9.17, 15) is 0 Å². The van der Waals surface area contributed by atoms with Gasteiger partial charge in [0.05, 0.1) is 7.11 Å². The van der Waals surface area contributed by atoms with Crippen LogP contribution in [0.1, 0.15) is 19.8 Å². The molecule has 0 amide bonds. The number of benzene rings is 1. The molecule has 2 rings (SSSR count). The van der Waals surface area contributed by atoms with Crippen LogP contribution in [-0.4, -0.2) is 26.3 Å². The minimum Gasteiger partial charge on any atom is -0.497 e. The van der Waals surface area contributed by atoms with E-state index in [0.29, 0.717) is 10.9 Å². The maximum atomic E-state index is 6.07. The van der Waals surface area contributed by atoms with Crippen LogP contribution in [0.3, 0.4) is 0 Å². The summed E-state index contributed by atoms with van der Waals surface area (Å²) in [5.74, 6) is 2.11. The van der Waals surface area contributed by atoms with Crippen LogP contribution in [0, 0.1) is 5.92 Å². The molecule has 1 aromatic carbocycles. The van der Waals surface area contributed by atoms with Gasteiger partial charge >= 0.3 is 0 Å². The molecule has 1 fully saturated rings. The highest BCUT2D eigenvalue weighted by molar-refractivity contribution is 6.30. The molecule has 1 heterocycles. The highest BCUT2D eigenvalue weighted by Crippen LogP contribution is 2.29. The number of rotatable bonds is 5. The van der Waals surface area contributed by atoms with Crippen LogP contribution in [0.5, 0.6) is 11.5 Å². The van der Waals surface area contributed by atoms with Gasteiger partial charge in [-0.2, -0.15) is 0 Å². The normalized spacial score (nSPS) is 20.7. The third-order valence-corrected chi connectivity index (χ3v) is 3.61. The summed E-state index contributed by atoms with van der Waals surface area (Å²) in [7, 11) is 1.63. The smallest absolute Gasteiger partial charge is 0.124 e. The van der Waals surface area contributed by atoms with Crippen molar-refractivity contribution in [3.8, 4) is 11.5 Å². The predicted molar refractivity (Wildman–Crippen MR) is 73.7 cm³/mol. The quantitative estimate of drug-likeness (QED) is 0.891. The Labute approximate surface area is 113 Å². The van der Waals surface area contributed by atoms with Gasteiger partial charge in [0.1, 0.15) is 17.6 Å². The number of halogens is 1. The molecule has 18 heavy (non-hydrogen) atoms. The van der Waals surface area contributed by atoms with Crippen LogP contribution < -0.4 is 14.8 Å². The molecule has 3 nitrogen and oxygen atoms in total. The fourth-order valence-electron chi connectivity index (χ4n) is 2.40. The third-order valence-electron chi connectivity index (χ3n) is 3.39. The summed E-state index contributed by atoms with van der Waals surface area (Å²) in [6.07, 6.45) is 2.42. The molecule has 1 unspecified atom stereocenters. The minimum absolute atomic E-state index is 0.239. The van der Waals surface area contributed by atoms with E-state index in [1.807, 2.05) is 12.1 Å². The van der Waals surface area contributed by atoms with Crippen LogP contribution in [0.25, 0.3) is 0 Å². The van der Waals surface area contributed by atoms with Crippen molar-refractivity contribution in [2.24, 2.45) is 5.92 Å². The Hall–Kier alpha value is -0.930. The Balaban J connectivity index is 2.08. The molecule has 0 radical (unpaired) electrons. The standard InChI is InChI=1S/C14H20ClNO2/c1-3-14(10-4-5-16-9-10)18-13-7-11(15)6-12(8-13)17-2/h6-8,10,14,16H,3-5,9H2,1-2H3/t10?,14-/m0/s1. The van der Waals surface area contributed by atoms with Gasteiger partial charge in [-0.05, 0) is 31.5 Å². The number of hydrogen-bond acceptors (Lipinski definition) is 3. The van der Waals surface area contributed by atoms with Gasteiger partial charge in [0, 0.05) is 23.6 Å². The van der Waals surface area contributed by atoms with Crippen molar-refractivity contribution in [3.05, 3.63) is 23.2 Å². The van der Waals surface area contributed by atoms with Crippen molar-refractivity contribution in [1.29, 1.82) is 0 Å². The largest absolute Gasteiger partial charge is 0.497 e. The van der Waals surface area contributed by atoms with Crippen LogP contribution in [-0.2, 0) is 0 Å². The monoisotopic (exact) mass is 269 g/mol. The molecular weight excluding hydrogens is 250 g/mol. The van der Waals surface area contributed by atoms with E-state index in [1.54, 1.807) is 13.2 Å². The lowest BCUT2D eigenvalue weighted by molar-refractivity contribution is 0.138. The molecule has 1 aromatic rings. The van der Waals surface area contributed by atoms with Crippen molar-refractivity contribution in [2.45, 2.75) is 25.9 Å². The van der Waals surface area contributed by atoms with Gasteiger partial charge in [0.2, 0.25) is 0 Å². The summed E-state index contributed by atoms with van der Waals surface area (Å²) in [4.78, 5) is 0. The van der Waals surface area contributed by atoms with Gasteiger partial charge in [-0.3, -0.25) is 0 Å². The molecule has 0 aliphatic carbocycles. The third kappa shape index (κ3) is 3.30. The molecule has 0 aromatic heterocycles. The van der Waals surface area contributed by atoms with Crippen molar-refractivity contribution < 1.29 is 9.47 Å². The van der Waals surface area contributed by atoms with Crippen LogP contribution in [0.4, 0.5) is 0 Å². The number of methoxy groups -OCH3 is 1. The van der Waals surface area contributed by atoms with E-state index in [-0.39, 0.29) is 6.10 Å². The lowest BCUT2D eigenvalue weighted by Crippen LogP contribution is -2.28. The summed E-state index contributed by atoms with van der Waals surface area (Å²) >= 11 is 6.04. The van der Waals surface area contributed by atoms with Crippen LogP contribution in [0.15, 0.2) is 18.2 Å². The first-order valence-corrected chi connectivity index (χ1v) is 6.82. The van der Waals surface area contributed by atoms with Gasteiger partial charge in [-0.15, -0.1) is 0 Å². The highest BCUT2D eigenvalue weighted by Gasteiger charge is 2.25. The number of ether oxygens (including phenoxy) is 2. The summed E-state index contributed by atoms with van der Waals surface area (Å²) in [6, 6.07) is 5.51. The van der Waals surface area contributed by atoms with Gasteiger partial charge in [-0.25, -0.2) is 0 Å². The van der Waals surface area contributed by atoms with Crippen molar-refractivity contribution >= 4 is 11.6 Å². The highest BCUT2D eigenvalue weighted by atomic mass is 35.5. The summed E-state index contributed by atoms with van der Waals surface area (Å²) < 4.78 is 11.3. The SMILES string of the molecule is CC[C@H](Oc1cc(Cl)cc(OC)c1)C1CCNC1. The molecule has 1 aliphatic heterocycles. The molecule has 4 heteroatoms. The fraction of sp³-hybridized carbons (Fsp3) is 0.571. The Kier molecular flexibility index (Phi) is 4.72. The summed E-state index contributed by atoms with van der Waals surface area (Å²) in [5, 5.41) is 4.02. The maximum absolute atomic E-state index is 6.07. The zero-order valence-electron chi connectivity index (χ0n) is 10.9. The van der Waals surface area contributed by atoms with Gasteiger partial charge < -0.3 is 14.8 Å². The topological polar surface area (TPSA) is 30.5 Å². The Morgan fingerprint density at radius 1 is 1.39 bits per heavy atom. The fourth-order valence-corrected chi connectivity index (χ4v) is 2.62. The molecule has 0 saturated carbocycles. The average molecular weight is 270 g/mol. The zero-order chi connectivity index (χ0) is 13.0. The first kappa shape index (κ1) is 13.5. The van der Waals surface area contributed by atoms with Crippen LogP contribution in [0.2, 0.25) is 5.02 Å². The van der Waals surface area contributed by atoms with Crippen molar-refractivity contribution in [2.75, 3.05) is 20.2 Å². The Bertz CT molecular complexity index is 391. The second kappa shape index (κ2) is 6.30. The van der Waals surface area contributed by atoms with Gasteiger partial charge in [0.25, 0.3) is 0 Å². The molecule has 0 bridgehead atoms. The Morgan fingerprint density at radius 3 is 2.78 bits per heavy atom. The van der Waals surface area contributed by atoms with Crippen molar-refractivity contribution in [1.82, 2.24) is 5.32 Å². The lowest BCUT2D eigenvalue weighted by atomic mass is 9.99. The van der Waals surface area contributed by atoms with E-state index < -0.39 is 0 Å². The minimum atomic E-state index is 0.239. The lowest BCUT2D eigenvalue weighted by Gasteiger charge is -2.23. The first-order valence-electron chi connectivity index (χ1n) is 6.45. The van der Waals surface area contributed by atoms with E-state index in [4.69, 9.17) is 21.1 Å². The second-order valence-corrected chi connectivity index (χ2v) is 5.08. The maximum Gasteiger partial charge on any atom is 0.124 e. The summed E-state index contributed by atoms with van der Waals surface area (Å²) in [6.45, 7) is 4.28. The molecule has 1 N–H and O–H groups in total. The molecular formula is C14H20ClNO2. The average Bonchev–Trinajstić information content (AvgIpc) is 2.89. The van der Waals surface area contributed by atoms with E-state index in [0.717, 1.165) is 31.0 Å². The number of hydrogen-bond donors (Lipinski definition) is 1. The van der Waals surface area contributed by atoms with Gasteiger partial charge in [0.15, 0.2) is 0 Å². The van der Waals surface area contributed by atoms with E-state index in [2.05, 4.69) is 12.2 Å². The predicted octanol–water partition coefficient (Wildman–Crippen LogP) is 3.12.